The van der Waals surface area contributed by atoms with Crippen LogP contribution in [-0.4, -0.2) is 10.9 Å². The van der Waals surface area contributed by atoms with E-state index in [9.17, 15) is 9.18 Å². The molecule has 0 saturated carbocycles. The number of hydrogen-bond acceptors (Lipinski definition) is 1. The Morgan fingerprint density at radius 1 is 1.08 bits per heavy atom. The summed E-state index contributed by atoms with van der Waals surface area (Å²) in [6.07, 6.45) is 1.78. The number of benzene rings is 2. The molecule has 24 heavy (non-hydrogen) atoms. The van der Waals surface area contributed by atoms with Crippen LogP contribution >= 0.6 is 0 Å². The minimum Gasteiger partial charge on any atom is -0.361 e. The van der Waals surface area contributed by atoms with Crippen LogP contribution in [0.5, 0.6) is 0 Å². The molecule has 2 aromatic carbocycles. The first-order chi connectivity index (χ1) is 11.3. The van der Waals surface area contributed by atoms with Gasteiger partial charge in [-0.05, 0) is 74.7 Å². The maximum absolute atomic E-state index is 13.4. The first kappa shape index (κ1) is 16.2. The second kappa shape index (κ2) is 5.78. The van der Waals surface area contributed by atoms with Gasteiger partial charge >= 0.3 is 0 Å². The molecule has 0 radical (unpaired) electrons. The van der Waals surface area contributed by atoms with Crippen LogP contribution in [0, 0.1) is 19.7 Å². The van der Waals surface area contributed by atoms with Crippen LogP contribution in [0.1, 0.15) is 30.5 Å². The van der Waals surface area contributed by atoms with E-state index in [0.717, 1.165) is 27.8 Å². The van der Waals surface area contributed by atoms with Crippen molar-refractivity contribution in [3.63, 3.8) is 0 Å². The molecule has 0 bridgehead atoms. The largest absolute Gasteiger partial charge is 0.361 e. The highest BCUT2D eigenvalue weighted by molar-refractivity contribution is 6.02. The molecule has 3 nitrogen and oxygen atoms in total. The van der Waals surface area contributed by atoms with Gasteiger partial charge in [-0.15, -0.1) is 0 Å². The molecule has 0 unspecified atom stereocenters. The molecule has 4 heteroatoms. The molecule has 1 heterocycles. The molecule has 0 fully saturated rings. The number of anilines is 1. The Labute approximate surface area is 140 Å². The van der Waals surface area contributed by atoms with Crippen molar-refractivity contribution in [2.45, 2.75) is 33.1 Å². The lowest BCUT2D eigenvalue weighted by atomic mass is 9.83. The molecule has 124 valence electrons. The molecule has 3 aromatic rings. The average molecular weight is 324 g/mol. The molecule has 0 atom stereocenters. The standard InChI is InChI=1S/C20H21FN2O/c1-12-7-13(2)9-15(8-12)23-19(24)20(3,4)17-11-22-18-10-14(21)5-6-16(17)18/h5-11,22H,1-4H3,(H,23,24). The number of rotatable bonds is 3. The van der Waals surface area contributed by atoms with E-state index in [1.165, 1.54) is 12.1 Å². The van der Waals surface area contributed by atoms with Crippen molar-refractivity contribution < 1.29 is 9.18 Å². The second-order valence-corrected chi connectivity index (χ2v) is 6.85. The van der Waals surface area contributed by atoms with Crippen LogP contribution in [0.2, 0.25) is 0 Å². The van der Waals surface area contributed by atoms with Gasteiger partial charge in [-0.2, -0.15) is 0 Å². The lowest BCUT2D eigenvalue weighted by molar-refractivity contribution is -0.120. The van der Waals surface area contributed by atoms with Crippen molar-refractivity contribution in [2.75, 3.05) is 5.32 Å². The Morgan fingerprint density at radius 2 is 1.75 bits per heavy atom. The van der Waals surface area contributed by atoms with E-state index in [0.29, 0.717) is 5.52 Å². The summed E-state index contributed by atoms with van der Waals surface area (Å²) in [4.78, 5) is 15.9. The molecular formula is C20H21FN2O. The maximum atomic E-state index is 13.4. The number of aryl methyl sites for hydroxylation is 2. The van der Waals surface area contributed by atoms with E-state index in [4.69, 9.17) is 0 Å². The number of carbonyl (C=O) groups excluding carboxylic acids is 1. The summed E-state index contributed by atoms with van der Waals surface area (Å²) in [7, 11) is 0. The van der Waals surface area contributed by atoms with E-state index in [2.05, 4.69) is 16.4 Å². The number of hydrogen-bond donors (Lipinski definition) is 2. The molecule has 0 aliphatic heterocycles. The van der Waals surface area contributed by atoms with Crippen molar-refractivity contribution in [2.24, 2.45) is 0 Å². The first-order valence-corrected chi connectivity index (χ1v) is 7.94. The highest BCUT2D eigenvalue weighted by Crippen LogP contribution is 2.32. The zero-order valence-electron chi connectivity index (χ0n) is 14.3. The van der Waals surface area contributed by atoms with E-state index in [1.54, 1.807) is 12.3 Å². The number of fused-ring (bicyclic) bond motifs is 1. The lowest BCUT2D eigenvalue weighted by Crippen LogP contribution is -2.34. The van der Waals surface area contributed by atoms with Gasteiger partial charge in [-0.1, -0.05) is 6.07 Å². The number of carbonyl (C=O) groups is 1. The number of nitrogens with one attached hydrogen (secondary N) is 2. The van der Waals surface area contributed by atoms with Crippen LogP contribution in [0.15, 0.2) is 42.6 Å². The monoisotopic (exact) mass is 324 g/mol. The Hall–Kier alpha value is -2.62. The fourth-order valence-electron chi connectivity index (χ4n) is 3.07. The predicted octanol–water partition coefficient (Wildman–Crippen LogP) is 4.84. The number of amides is 1. The summed E-state index contributed by atoms with van der Waals surface area (Å²) >= 11 is 0. The Morgan fingerprint density at radius 3 is 2.42 bits per heavy atom. The minimum absolute atomic E-state index is 0.0993. The molecule has 2 N–H and O–H groups in total. The third-order valence-electron chi connectivity index (χ3n) is 4.36. The van der Waals surface area contributed by atoms with Gasteiger partial charge in [0.1, 0.15) is 5.82 Å². The summed E-state index contributed by atoms with van der Waals surface area (Å²) in [6.45, 7) is 7.75. The molecule has 0 saturated heterocycles. The van der Waals surface area contributed by atoms with E-state index < -0.39 is 5.41 Å². The number of H-pyrrole nitrogens is 1. The Kier molecular flexibility index (Phi) is 3.91. The van der Waals surface area contributed by atoms with Crippen LogP contribution in [0.25, 0.3) is 10.9 Å². The van der Waals surface area contributed by atoms with E-state index >= 15 is 0 Å². The number of aromatic amines is 1. The third kappa shape index (κ3) is 2.92. The van der Waals surface area contributed by atoms with Crippen LogP contribution in [0.3, 0.4) is 0 Å². The summed E-state index contributed by atoms with van der Waals surface area (Å²) in [5.41, 5.74) is 3.78. The first-order valence-electron chi connectivity index (χ1n) is 7.94. The van der Waals surface area contributed by atoms with Crippen molar-refractivity contribution in [3.8, 4) is 0 Å². The molecule has 1 amide bonds. The molecule has 0 aliphatic rings. The Bertz CT molecular complexity index is 904. The molecule has 0 aliphatic carbocycles. The van der Waals surface area contributed by atoms with Gasteiger partial charge in [0, 0.05) is 22.8 Å². The molecular weight excluding hydrogens is 303 g/mol. The number of halogens is 1. The number of aromatic nitrogens is 1. The lowest BCUT2D eigenvalue weighted by Gasteiger charge is -2.23. The van der Waals surface area contributed by atoms with Gasteiger partial charge in [-0.3, -0.25) is 4.79 Å². The zero-order valence-corrected chi connectivity index (χ0v) is 14.3. The maximum Gasteiger partial charge on any atom is 0.234 e. The van der Waals surface area contributed by atoms with Gasteiger partial charge in [0.05, 0.1) is 5.41 Å². The smallest absolute Gasteiger partial charge is 0.234 e. The fourth-order valence-corrected chi connectivity index (χ4v) is 3.07. The highest BCUT2D eigenvalue weighted by atomic mass is 19.1. The molecule has 0 spiro atoms. The molecule has 3 rings (SSSR count). The van der Waals surface area contributed by atoms with Gasteiger partial charge < -0.3 is 10.3 Å². The van der Waals surface area contributed by atoms with Gasteiger partial charge in [0.15, 0.2) is 0 Å². The zero-order chi connectivity index (χ0) is 17.5. The quantitative estimate of drug-likeness (QED) is 0.711. The van der Waals surface area contributed by atoms with Crippen molar-refractivity contribution >= 4 is 22.5 Å². The van der Waals surface area contributed by atoms with Crippen molar-refractivity contribution in [1.29, 1.82) is 0 Å². The van der Waals surface area contributed by atoms with E-state index in [1.807, 2.05) is 39.8 Å². The summed E-state index contributed by atoms with van der Waals surface area (Å²) in [5.74, 6) is -0.397. The van der Waals surface area contributed by atoms with Gasteiger partial charge in [0.2, 0.25) is 5.91 Å². The van der Waals surface area contributed by atoms with Crippen LogP contribution in [-0.2, 0) is 10.2 Å². The van der Waals surface area contributed by atoms with Crippen molar-refractivity contribution in [1.82, 2.24) is 4.98 Å². The van der Waals surface area contributed by atoms with Gasteiger partial charge in [-0.25, -0.2) is 4.39 Å². The fraction of sp³-hybridized carbons (Fsp3) is 0.250. The summed E-state index contributed by atoms with van der Waals surface area (Å²) in [6, 6.07) is 10.5. The van der Waals surface area contributed by atoms with Crippen LogP contribution < -0.4 is 5.32 Å². The average Bonchev–Trinajstić information content (AvgIpc) is 2.89. The Balaban J connectivity index is 1.94. The summed E-state index contributed by atoms with van der Waals surface area (Å²) in [5, 5.41) is 3.86. The highest BCUT2D eigenvalue weighted by Gasteiger charge is 2.32. The minimum atomic E-state index is -0.756. The van der Waals surface area contributed by atoms with Crippen molar-refractivity contribution in [3.05, 3.63) is 65.1 Å². The SMILES string of the molecule is Cc1cc(C)cc(NC(=O)C(C)(C)c2c[nH]c3cc(F)ccc23)c1. The van der Waals surface area contributed by atoms with E-state index in [-0.39, 0.29) is 11.7 Å². The topological polar surface area (TPSA) is 44.9 Å². The normalized spacial score (nSPS) is 11.7. The molecule has 1 aromatic heterocycles. The van der Waals surface area contributed by atoms with Crippen LogP contribution in [0.4, 0.5) is 10.1 Å². The summed E-state index contributed by atoms with van der Waals surface area (Å²) < 4.78 is 13.4. The van der Waals surface area contributed by atoms with Gasteiger partial charge in [0.25, 0.3) is 0 Å². The second-order valence-electron chi connectivity index (χ2n) is 6.85. The third-order valence-corrected chi connectivity index (χ3v) is 4.36. The predicted molar refractivity (Wildman–Crippen MR) is 95.8 cm³/mol.